The van der Waals surface area contributed by atoms with E-state index < -0.39 is 4.92 Å². The fraction of sp³-hybridized carbons (Fsp3) is 0.316. The molecule has 1 amide bonds. The second kappa shape index (κ2) is 8.91. The number of amides is 1. The zero-order chi connectivity index (χ0) is 20.9. The maximum Gasteiger partial charge on any atom is 0.353 e. The number of furan rings is 1. The van der Waals surface area contributed by atoms with Crippen LogP contribution in [0.1, 0.15) is 15.4 Å². The maximum absolute atomic E-state index is 12.4. The number of aromatic nitrogens is 2. The van der Waals surface area contributed by atoms with Crippen molar-refractivity contribution in [2.45, 2.75) is 6.42 Å². The quantitative estimate of drug-likeness (QED) is 0.451. The van der Waals surface area contributed by atoms with Gasteiger partial charge in [0.05, 0.1) is 11.2 Å². The van der Waals surface area contributed by atoms with Crippen LogP contribution in [0.4, 0.5) is 17.3 Å². The predicted molar refractivity (Wildman–Crippen MR) is 112 cm³/mol. The highest BCUT2D eigenvalue weighted by atomic mass is 32.1. The number of anilines is 2. The molecule has 3 aromatic rings. The molecule has 0 saturated carbocycles. The molecule has 1 fully saturated rings. The Labute approximate surface area is 176 Å². The first kappa shape index (κ1) is 19.8. The lowest BCUT2D eigenvalue weighted by Gasteiger charge is -2.34. The summed E-state index contributed by atoms with van der Waals surface area (Å²) in [6.07, 6.45) is 3.54. The van der Waals surface area contributed by atoms with Crippen LogP contribution in [0.5, 0.6) is 0 Å². The largest absolute Gasteiger partial charge is 0.459 e. The second-order valence-corrected chi connectivity index (χ2v) is 7.70. The Morgan fingerprint density at radius 1 is 1.23 bits per heavy atom. The van der Waals surface area contributed by atoms with E-state index in [4.69, 9.17) is 4.42 Å². The van der Waals surface area contributed by atoms with Gasteiger partial charge >= 0.3 is 5.69 Å². The summed E-state index contributed by atoms with van der Waals surface area (Å²) in [4.78, 5) is 36.7. The Bertz CT molecular complexity index is 1000. The molecule has 1 aliphatic rings. The zero-order valence-electron chi connectivity index (χ0n) is 16.1. The minimum Gasteiger partial charge on any atom is -0.459 e. The number of nitro groups is 1. The highest BCUT2D eigenvalue weighted by molar-refractivity contribution is 7.09. The molecule has 11 heteroatoms. The summed E-state index contributed by atoms with van der Waals surface area (Å²) in [5, 5.41) is 16.9. The molecule has 10 nitrogen and oxygen atoms in total. The number of nitrogens with zero attached hydrogens (tertiary/aromatic N) is 5. The SMILES string of the molecule is O=C(c1ccco1)N1CCN(c2ncnc(NCCc3cccs3)c2[N+](=O)[O-])CC1. The summed E-state index contributed by atoms with van der Waals surface area (Å²) in [6, 6.07) is 7.29. The van der Waals surface area contributed by atoms with E-state index >= 15 is 0 Å². The van der Waals surface area contributed by atoms with Crippen LogP contribution in [0.2, 0.25) is 0 Å². The predicted octanol–water partition coefficient (Wildman–Crippen LogP) is 2.66. The first-order valence-electron chi connectivity index (χ1n) is 9.47. The molecule has 30 heavy (non-hydrogen) atoms. The molecular formula is C19H20N6O4S. The first-order chi connectivity index (χ1) is 14.6. The van der Waals surface area contributed by atoms with E-state index in [1.165, 1.54) is 17.5 Å². The molecule has 4 heterocycles. The maximum atomic E-state index is 12.4. The van der Waals surface area contributed by atoms with Gasteiger partial charge in [0.25, 0.3) is 5.91 Å². The lowest BCUT2D eigenvalue weighted by Crippen LogP contribution is -2.49. The number of carbonyl (C=O) groups excluding carboxylic acids is 1. The molecule has 0 atom stereocenters. The molecule has 0 spiro atoms. The van der Waals surface area contributed by atoms with Crippen molar-refractivity contribution in [3.63, 3.8) is 0 Å². The number of rotatable bonds is 7. The molecule has 0 aliphatic carbocycles. The van der Waals surface area contributed by atoms with Crippen LogP contribution in [0.3, 0.4) is 0 Å². The topological polar surface area (TPSA) is 118 Å². The van der Waals surface area contributed by atoms with Crippen LogP contribution in [-0.2, 0) is 6.42 Å². The van der Waals surface area contributed by atoms with E-state index in [9.17, 15) is 14.9 Å². The summed E-state index contributed by atoms with van der Waals surface area (Å²) < 4.78 is 5.17. The van der Waals surface area contributed by atoms with Crippen molar-refractivity contribution in [2.75, 3.05) is 42.9 Å². The normalized spacial score (nSPS) is 14.0. The Morgan fingerprint density at radius 2 is 2.07 bits per heavy atom. The lowest BCUT2D eigenvalue weighted by atomic mass is 10.2. The van der Waals surface area contributed by atoms with E-state index in [1.807, 2.05) is 22.4 Å². The van der Waals surface area contributed by atoms with E-state index in [0.29, 0.717) is 32.7 Å². The molecule has 1 saturated heterocycles. The van der Waals surface area contributed by atoms with Gasteiger partial charge in [-0.15, -0.1) is 11.3 Å². The Kier molecular flexibility index (Phi) is 5.89. The third-order valence-corrected chi connectivity index (χ3v) is 5.76. The number of hydrogen-bond donors (Lipinski definition) is 1. The van der Waals surface area contributed by atoms with Gasteiger partial charge in [-0.3, -0.25) is 14.9 Å². The van der Waals surface area contributed by atoms with E-state index in [1.54, 1.807) is 28.4 Å². The van der Waals surface area contributed by atoms with Crippen molar-refractivity contribution in [1.29, 1.82) is 0 Å². The van der Waals surface area contributed by atoms with Gasteiger partial charge in [-0.25, -0.2) is 9.97 Å². The van der Waals surface area contributed by atoms with E-state index in [0.717, 1.165) is 6.42 Å². The van der Waals surface area contributed by atoms with Gasteiger partial charge in [-0.2, -0.15) is 0 Å². The van der Waals surface area contributed by atoms with Gasteiger partial charge < -0.3 is 19.5 Å². The van der Waals surface area contributed by atoms with Crippen molar-refractivity contribution >= 4 is 34.6 Å². The Hall–Kier alpha value is -3.47. The first-order valence-corrected chi connectivity index (χ1v) is 10.3. The van der Waals surface area contributed by atoms with E-state index in [2.05, 4.69) is 15.3 Å². The monoisotopic (exact) mass is 428 g/mol. The molecule has 1 N–H and O–H groups in total. The number of carbonyl (C=O) groups is 1. The third-order valence-electron chi connectivity index (χ3n) is 4.83. The van der Waals surface area contributed by atoms with Crippen LogP contribution < -0.4 is 10.2 Å². The summed E-state index contributed by atoms with van der Waals surface area (Å²) in [5.41, 5.74) is -0.144. The van der Waals surface area contributed by atoms with Gasteiger partial charge in [-0.1, -0.05) is 6.07 Å². The average molecular weight is 428 g/mol. The molecule has 0 bridgehead atoms. The molecule has 4 rings (SSSR count). The number of thiophene rings is 1. The van der Waals surface area contributed by atoms with E-state index in [-0.39, 0.29) is 29.0 Å². The van der Waals surface area contributed by atoms with Gasteiger partial charge in [0, 0.05) is 37.6 Å². The summed E-state index contributed by atoms with van der Waals surface area (Å²) in [7, 11) is 0. The minimum atomic E-state index is -0.455. The molecule has 0 unspecified atom stereocenters. The molecule has 156 valence electrons. The summed E-state index contributed by atoms with van der Waals surface area (Å²) in [5.74, 6) is 0.566. The second-order valence-electron chi connectivity index (χ2n) is 6.66. The fourth-order valence-electron chi connectivity index (χ4n) is 3.33. The van der Waals surface area contributed by atoms with Crippen LogP contribution in [0.15, 0.2) is 46.7 Å². The van der Waals surface area contributed by atoms with Crippen LogP contribution in [0.25, 0.3) is 0 Å². The average Bonchev–Trinajstić information content (AvgIpc) is 3.47. The molecule has 0 aromatic carbocycles. The van der Waals surface area contributed by atoms with Crippen LogP contribution in [0, 0.1) is 10.1 Å². The molecular weight excluding hydrogens is 408 g/mol. The molecule has 1 aliphatic heterocycles. The van der Waals surface area contributed by atoms with Gasteiger partial charge in [0.15, 0.2) is 5.76 Å². The highest BCUT2D eigenvalue weighted by Crippen LogP contribution is 2.32. The zero-order valence-corrected chi connectivity index (χ0v) is 16.9. The molecule has 3 aromatic heterocycles. The minimum absolute atomic E-state index is 0.144. The lowest BCUT2D eigenvalue weighted by molar-refractivity contribution is -0.383. The Morgan fingerprint density at radius 3 is 2.73 bits per heavy atom. The molecule has 0 radical (unpaired) electrons. The Balaban J connectivity index is 1.44. The smallest absolute Gasteiger partial charge is 0.353 e. The van der Waals surface area contributed by atoms with Gasteiger partial charge in [0.2, 0.25) is 11.6 Å². The van der Waals surface area contributed by atoms with Crippen molar-refractivity contribution < 1.29 is 14.1 Å². The number of nitrogens with one attached hydrogen (secondary N) is 1. The van der Waals surface area contributed by atoms with Crippen molar-refractivity contribution in [3.05, 3.63) is 63.0 Å². The van der Waals surface area contributed by atoms with Crippen molar-refractivity contribution in [3.8, 4) is 0 Å². The highest BCUT2D eigenvalue weighted by Gasteiger charge is 2.31. The fourth-order valence-corrected chi connectivity index (χ4v) is 4.04. The summed E-state index contributed by atoms with van der Waals surface area (Å²) in [6.45, 7) is 2.23. The van der Waals surface area contributed by atoms with Crippen molar-refractivity contribution in [2.24, 2.45) is 0 Å². The number of hydrogen-bond acceptors (Lipinski definition) is 9. The van der Waals surface area contributed by atoms with Crippen molar-refractivity contribution in [1.82, 2.24) is 14.9 Å². The van der Waals surface area contributed by atoms with Gasteiger partial charge in [-0.05, 0) is 30.0 Å². The van der Waals surface area contributed by atoms with Crippen LogP contribution in [-0.4, -0.2) is 58.4 Å². The standard InChI is InChI=1S/C19H20N6O4S/c26-19(15-4-1-11-29-15)24-9-7-23(8-10-24)18-16(25(27)28)17(21-13-22-18)20-6-5-14-3-2-12-30-14/h1-4,11-13H,5-10H2,(H,20,21,22). The number of piperazine rings is 1. The third kappa shape index (κ3) is 4.25. The van der Waals surface area contributed by atoms with Gasteiger partial charge in [0.1, 0.15) is 6.33 Å². The summed E-state index contributed by atoms with van der Waals surface area (Å²) >= 11 is 1.64. The van der Waals surface area contributed by atoms with Crippen LogP contribution >= 0.6 is 11.3 Å².